The summed E-state index contributed by atoms with van der Waals surface area (Å²) in [6.07, 6.45) is 21.7. The fourth-order valence-corrected chi connectivity index (χ4v) is 9.05. The lowest BCUT2D eigenvalue weighted by Crippen LogP contribution is -2.15. The van der Waals surface area contributed by atoms with Crippen molar-refractivity contribution in [3.05, 3.63) is 264 Å². The summed E-state index contributed by atoms with van der Waals surface area (Å²) < 4.78 is 14.6. The van der Waals surface area contributed by atoms with E-state index in [0.29, 0.717) is 17.2 Å². The van der Waals surface area contributed by atoms with E-state index in [9.17, 15) is 4.48 Å². The van der Waals surface area contributed by atoms with Gasteiger partial charge in [-0.3, -0.25) is 0 Å². The number of hydrogen-bond acceptors (Lipinski definition) is 2. The van der Waals surface area contributed by atoms with Crippen molar-refractivity contribution < 1.29 is 4.48 Å². The maximum atomic E-state index is 14.6. The van der Waals surface area contributed by atoms with Gasteiger partial charge in [-0.25, -0.2) is 0 Å². The van der Waals surface area contributed by atoms with Crippen molar-refractivity contribution in [1.82, 2.24) is 5.12 Å². The molecule has 3 heteroatoms. The average Bonchev–Trinajstić information content (AvgIpc) is 3.55. The summed E-state index contributed by atoms with van der Waals surface area (Å²) in [6, 6.07) is 46.5. The molecule has 0 fully saturated rings. The summed E-state index contributed by atoms with van der Waals surface area (Å²) in [4.78, 5) is 2.23. The topological polar surface area (TPSA) is 6.48 Å². The van der Waals surface area contributed by atoms with Gasteiger partial charge >= 0.3 is 0 Å². The van der Waals surface area contributed by atoms with Crippen LogP contribution in [0.4, 0.5) is 15.9 Å². The van der Waals surface area contributed by atoms with Crippen molar-refractivity contribution in [2.45, 2.75) is 65.7 Å². The smallest absolute Gasteiger partial charge is 0.0701 e. The van der Waals surface area contributed by atoms with Crippen LogP contribution in [0.25, 0.3) is 45.5 Å². The molecule has 336 valence electrons. The van der Waals surface area contributed by atoms with Crippen LogP contribution in [-0.4, -0.2) is 5.12 Å². The molecule has 0 amide bonds. The van der Waals surface area contributed by atoms with Gasteiger partial charge in [-0.2, -0.15) is 5.12 Å². The predicted octanol–water partition coefficient (Wildman–Crippen LogP) is 17.9. The SMILES string of the molecule is C=C/C=C\C(=C/C=C)N(c1ccccc1)c1ccc(-c2ccc(-c3ccc(/C=C/c4ccc5c(c4)C(C)(C)c4cc(C/C=C\C(=C/C)N(F)C(=C)C=C)ccc4-5)cc3C)c(C(C)(C)C)c2)cc1. The molecule has 0 unspecified atom stereocenters. The molecule has 0 spiro atoms. The summed E-state index contributed by atoms with van der Waals surface area (Å²) in [5.74, 6) is 0. The van der Waals surface area contributed by atoms with Gasteiger partial charge in [-0.15, -0.1) is 0 Å². The third-order valence-electron chi connectivity index (χ3n) is 12.7. The second-order valence-corrected chi connectivity index (χ2v) is 18.7. The maximum absolute atomic E-state index is 14.6. The lowest BCUT2D eigenvalue weighted by molar-refractivity contribution is 0.131. The Morgan fingerprint density at radius 3 is 1.90 bits per heavy atom. The van der Waals surface area contributed by atoms with Gasteiger partial charge in [0, 0.05) is 22.5 Å². The Balaban J connectivity index is 1.10. The standard InChI is InChI=1S/C64H63FN2/c1-12-16-23-53(21-13-2)66(54-24-18-17-19-25-54)55-35-32-50(33-36-55)51-34-40-57(60(44-51)63(7,8)9)56-37-29-48(41-45(56)5)27-28-49-31-39-59-58-38-30-47(42-61(58)64(10,11)62(59)43-49)22-20-26-52(15-4)67(65)46(6)14-3/h12-21,23-44H,1-3,6,22H2,4-5,7-11H3/b23-16-,26-20-,28-27+,52-15+,53-21+. The zero-order chi connectivity index (χ0) is 47.9. The summed E-state index contributed by atoms with van der Waals surface area (Å²) in [5.41, 5.74) is 19.6. The molecule has 0 bridgehead atoms. The van der Waals surface area contributed by atoms with E-state index in [4.69, 9.17) is 0 Å². The van der Waals surface area contributed by atoms with E-state index in [-0.39, 0.29) is 16.5 Å². The first-order chi connectivity index (χ1) is 32.2. The highest BCUT2D eigenvalue weighted by molar-refractivity contribution is 5.84. The summed E-state index contributed by atoms with van der Waals surface area (Å²) >= 11 is 0. The monoisotopic (exact) mass is 878 g/mol. The molecule has 0 aliphatic heterocycles. The lowest BCUT2D eigenvalue weighted by Gasteiger charge is -2.27. The molecule has 1 aliphatic carbocycles. The van der Waals surface area contributed by atoms with Crippen LogP contribution in [0.3, 0.4) is 0 Å². The molecule has 0 radical (unpaired) electrons. The minimum atomic E-state index is -0.165. The number of benzene rings is 6. The first kappa shape index (κ1) is 47.5. The molecule has 2 nitrogen and oxygen atoms in total. The third kappa shape index (κ3) is 10.3. The highest BCUT2D eigenvalue weighted by atomic mass is 19.2. The van der Waals surface area contributed by atoms with Crippen molar-refractivity contribution in [1.29, 1.82) is 0 Å². The number of fused-ring (bicyclic) bond motifs is 3. The van der Waals surface area contributed by atoms with Crippen molar-refractivity contribution in [2.75, 3.05) is 4.90 Å². The first-order valence-corrected chi connectivity index (χ1v) is 23.1. The average molecular weight is 879 g/mol. The van der Waals surface area contributed by atoms with Gasteiger partial charge in [0.1, 0.15) is 0 Å². The molecule has 6 aromatic rings. The molecule has 0 N–H and O–H groups in total. The number of allylic oxidation sites excluding steroid dienone is 9. The fourth-order valence-electron chi connectivity index (χ4n) is 9.05. The highest BCUT2D eigenvalue weighted by Gasteiger charge is 2.35. The molecule has 0 heterocycles. The molecule has 6 aromatic carbocycles. The van der Waals surface area contributed by atoms with E-state index in [1.807, 2.05) is 37.3 Å². The number of para-hydroxylation sites is 1. The van der Waals surface area contributed by atoms with Crippen LogP contribution >= 0.6 is 0 Å². The highest BCUT2D eigenvalue weighted by Crippen LogP contribution is 2.49. The van der Waals surface area contributed by atoms with Crippen LogP contribution in [0.15, 0.2) is 225 Å². The van der Waals surface area contributed by atoms with Gasteiger partial charge in [0.25, 0.3) is 0 Å². The summed E-state index contributed by atoms with van der Waals surface area (Å²) in [7, 11) is 0. The van der Waals surface area contributed by atoms with Gasteiger partial charge < -0.3 is 4.90 Å². The Hall–Kier alpha value is -7.49. The Kier molecular flexibility index (Phi) is 14.4. The minimum absolute atomic E-state index is 0.0848. The second-order valence-electron chi connectivity index (χ2n) is 18.7. The number of aryl methyl sites for hydroxylation is 1. The normalized spacial score (nSPS) is 13.5. The van der Waals surface area contributed by atoms with E-state index in [1.54, 1.807) is 18.2 Å². The fraction of sp³-hybridized carbons (Fsp3) is 0.156. The minimum Gasteiger partial charge on any atom is -0.311 e. The van der Waals surface area contributed by atoms with Gasteiger partial charge in [0.15, 0.2) is 0 Å². The van der Waals surface area contributed by atoms with E-state index in [1.165, 1.54) is 67.3 Å². The number of anilines is 2. The van der Waals surface area contributed by atoms with Crippen LogP contribution < -0.4 is 4.90 Å². The van der Waals surface area contributed by atoms with Gasteiger partial charge in [-0.05, 0) is 147 Å². The molecule has 67 heavy (non-hydrogen) atoms. The van der Waals surface area contributed by atoms with Crippen LogP contribution in [0.5, 0.6) is 0 Å². The van der Waals surface area contributed by atoms with Gasteiger partial charge in [0.2, 0.25) is 0 Å². The molecule has 1 aliphatic rings. The van der Waals surface area contributed by atoms with Gasteiger partial charge in [-0.1, -0.05) is 211 Å². The molecule has 0 saturated carbocycles. The molecule has 7 rings (SSSR count). The predicted molar refractivity (Wildman–Crippen MR) is 289 cm³/mol. The first-order valence-electron chi connectivity index (χ1n) is 23.1. The van der Waals surface area contributed by atoms with Crippen LogP contribution in [0, 0.1) is 6.92 Å². The quantitative estimate of drug-likeness (QED) is 0.0543. The summed E-state index contributed by atoms with van der Waals surface area (Å²) in [5, 5.41) is 0.558. The second kappa shape index (κ2) is 20.4. The Bertz CT molecular complexity index is 2980. The zero-order valence-electron chi connectivity index (χ0n) is 40.3. The Labute approximate surface area is 399 Å². The molecule has 0 atom stereocenters. The molecular formula is C64H63FN2. The number of nitrogens with zero attached hydrogens (tertiary/aromatic N) is 2. The van der Waals surface area contributed by atoms with Crippen molar-refractivity contribution in [3.63, 3.8) is 0 Å². The summed E-state index contributed by atoms with van der Waals surface area (Å²) in [6.45, 7) is 30.8. The van der Waals surface area contributed by atoms with Crippen molar-refractivity contribution in [3.8, 4) is 33.4 Å². The zero-order valence-corrected chi connectivity index (χ0v) is 40.3. The van der Waals surface area contributed by atoms with Gasteiger partial charge in [0.05, 0.1) is 11.4 Å². The maximum Gasteiger partial charge on any atom is 0.0701 e. The molecule has 0 saturated heterocycles. The van der Waals surface area contributed by atoms with E-state index in [2.05, 4.69) is 212 Å². The number of hydrogen-bond donors (Lipinski definition) is 0. The van der Waals surface area contributed by atoms with E-state index in [0.717, 1.165) is 28.2 Å². The Morgan fingerprint density at radius 1 is 0.657 bits per heavy atom. The van der Waals surface area contributed by atoms with Crippen LogP contribution in [-0.2, 0) is 17.3 Å². The molecular weight excluding hydrogens is 816 g/mol. The van der Waals surface area contributed by atoms with Crippen molar-refractivity contribution >= 4 is 23.5 Å². The van der Waals surface area contributed by atoms with E-state index >= 15 is 0 Å². The number of halogens is 1. The molecule has 0 aromatic heterocycles. The Morgan fingerprint density at radius 2 is 1.27 bits per heavy atom. The van der Waals surface area contributed by atoms with Crippen LogP contribution in [0.2, 0.25) is 0 Å². The lowest BCUT2D eigenvalue weighted by atomic mass is 9.79. The number of rotatable bonds is 16. The van der Waals surface area contributed by atoms with Crippen molar-refractivity contribution in [2.24, 2.45) is 0 Å². The largest absolute Gasteiger partial charge is 0.311 e. The third-order valence-corrected chi connectivity index (χ3v) is 12.7. The van der Waals surface area contributed by atoms with E-state index < -0.39 is 0 Å². The van der Waals surface area contributed by atoms with Crippen LogP contribution in [0.1, 0.15) is 80.5 Å².